The Kier molecular flexibility index (Phi) is 5.05. The van der Waals surface area contributed by atoms with Crippen LogP contribution in [0.2, 0.25) is 0 Å². The molecule has 144 valence electrons. The zero-order valence-corrected chi connectivity index (χ0v) is 14.1. The first kappa shape index (κ1) is 19.1. The van der Waals surface area contributed by atoms with E-state index in [-0.39, 0.29) is 29.8 Å². The number of carboxylic acid groups (broad SMARTS) is 1. The monoisotopic (exact) mass is 385 g/mol. The second-order valence-electron chi connectivity index (χ2n) is 6.39. The van der Waals surface area contributed by atoms with Crippen LogP contribution in [-0.2, 0) is 11.2 Å². The third kappa shape index (κ3) is 4.02. The average Bonchev–Trinajstić information content (AvgIpc) is 2.59. The summed E-state index contributed by atoms with van der Waals surface area (Å²) < 4.78 is 62.1. The van der Waals surface area contributed by atoms with Gasteiger partial charge in [0.2, 0.25) is 5.88 Å². The maximum Gasteiger partial charge on any atom is 0.354 e. The Morgan fingerprint density at radius 1 is 1.33 bits per heavy atom. The van der Waals surface area contributed by atoms with Gasteiger partial charge in [-0.3, -0.25) is 0 Å². The van der Waals surface area contributed by atoms with Gasteiger partial charge in [-0.1, -0.05) is 0 Å². The van der Waals surface area contributed by atoms with Crippen LogP contribution in [0.5, 0.6) is 5.88 Å². The Hall–Kier alpha value is -2.68. The summed E-state index contributed by atoms with van der Waals surface area (Å²) in [7, 11) is 0. The number of aromatic carboxylic acids is 1. The fourth-order valence-corrected chi connectivity index (χ4v) is 2.95. The van der Waals surface area contributed by atoms with E-state index in [1.54, 1.807) is 0 Å². The molecule has 3 rings (SSSR count). The van der Waals surface area contributed by atoms with Crippen molar-refractivity contribution in [1.82, 2.24) is 4.98 Å². The molecule has 0 saturated carbocycles. The molecule has 0 bridgehead atoms. The lowest BCUT2D eigenvalue weighted by Gasteiger charge is -2.35. The van der Waals surface area contributed by atoms with Gasteiger partial charge in [0.25, 0.3) is 0 Å². The zero-order valence-electron chi connectivity index (χ0n) is 14.1. The van der Waals surface area contributed by atoms with Gasteiger partial charge in [-0.05, 0) is 43.5 Å². The van der Waals surface area contributed by atoms with Crippen LogP contribution >= 0.6 is 0 Å². The first-order valence-corrected chi connectivity index (χ1v) is 8.00. The molecule has 0 radical (unpaired) electrons. The van der Waals surface area contributed by atoms with Gasteiger partial charge in [-0.25, -0.2) is 18.6 Å². The molecule has 1 aromatic heterocycles. The Balaban J connectivity index is 2.07. The van der Waals surface area contributed by atoms with Gasteiger partial charge >= 0.3 is 12.6 Å². The molecule has 2 heterocycles. The summed E-state index contributed by atoms with van der Waals surface area (Å²) in [5.74, 6) is -3.11. The zero-order chi connectivity index (χ0) is 19.8. The molecule has 1 aliphatic heterocycles. The van der Waals surface area contributed by atoms with Crippen molar-refractivity contribution in [2.24, 2.45) is 0 Å². The van der Waals surface area contributed by atoms with Crippen LogP contribution in [0.1, 0.15) is 29.4 Å². The number of nitrogens with zero attached hydrogens (tertiary/aromatic N) is 1. The smallest absolute Gasteiger partial charge is 0.354 e. The normalized spacial score (nSPS) is 18.9. The predicted molar refractivity (Wildman–Crippen MR) is 85.9 cm³/mol. The van der Waals surface area contributed by atoms with Crippen molar-refractivity contribution >= 4 is 5.97 Å². The molecule has 0 unspecified atom stereocenters. The number of carbonyl (C=O) groups is 1. The van der Waals surface area contributed by atoms with Crippen molar-refractivity contribution < 1.29 is 36.9 Å². The van der Waals surface area contributed by atoms with Crippen LogP contribution < -0.4 is 4.74 Å². The fraction of sp³-hybridized carbons (Fsp3) is 0.333. The largest absolute Gasteiger partial charge is 0.477 e. The van der Waals surface area contributed by atoms with Crippen LogP contribution in [0, 0.1) is 11.6 Å². The number of benzene rings is 1. The average molecular weight is 385 g/mol. The van der Waals surface area contributed by atoms with Gasteiger partial charge in [0, 0.05) is 17.2 Å². The van der Waals surface area contributed by atoms with Crippen molar-refractivity contribution in [2.75, 3.05) is 6.61 Å². The quantitative estimate of drug-likeness (QED) is 0.787. The minimum atomic E-state index is -2.98. The van der Waals surface area contributed by atoms with Gasteiger partial charge in [0.05, 0.1) is 6.61 Å². The highest BCUT2D eigenvalue weighted by Crippen LogP contribution is 2.39. The number of carboxylic acids is 1. The van der Waals surface area contributed by atoms with Gasteiger partial charge in [0.15, 0.2) is 5.69 Å². The molecule has 0 amide bonds. The molecule has 27 heavy (non-hydrogen) atoms. The third-order valence-electron chi connectivity index (χ3n) is 4.29. The van der Waals surface area contributed by atoms with Gasteiger partial charge in [-0.2, -0.15) is 8.78 Å². The topological polar surface area (TPSA) is 68.7 Å². The maximum absolute atomic E-state index is 14.2. The molecule has 9 heteroatoms. The molecule has 0 saturated heterocycles. The number of aromatic nitrogens is 1. The molecule has 1 N–H and O–H groups in total. The molecule has 1 aromatic carbocycles. The van der Waals surface area contributed by atoms with Gasteiger partial charge < -0.3 is 14.6 Å². The summed E-state index contributed by atoms with van der Waals surface area (Å²) in [5.41, 5.74) is -0.946. The van der Waals surface area contributed by atoms with E-state index in [1.807, 2.05) is 0 Å². The summed E-state index contributed by atoms with van der Waals surface area (Å²) >= 11 is 0. The summed E-state index contributed by atoms with van der Waals surface area (Å²) in [6, 6.07) is 4.11. The second-order valence-corrected chi connectivity index (χ2v) is 6.39. The van der Waals surface area contributed by atoms with Crippen LogP contribution in [0.4, 0.5) is 17.6 Å². The molecule has 1 atom stereocenters. The molecular weight excluding hydrogens is 370 g/mol. The number of ether oxygens (including phenoxy) is 2. The number of halogens is 4. The number of alkyl halides is 2. The summed E-state index contributed by atoms with van der Waals surface area (Å²) in [6.07, 6.45) is 0.522. The van der Waals surface area contributed by atoms with Crippen LogP contribution in [-0.4, -0.2) is 34.9 Å². The Bertz CT molecular complexity index is 890. The van der Waals surface area contributed by atoms with E-state index in [2.05, 4.69) is 9.72 Å². The second kappa shape index (κ2) is 7.15. The molecule has 0 aliphatic carbocycles. The summed E-state index contributed by atoms with van der Waals surface area (Å²) in [4.78, 5) is 15.3. The molecule has 2 aromatic rings. The van der Waals surface area contributed by atoms with E-state index in [1.165, 1.54) is 19.1 Å². The molecule has 0 fully saturated rings. The number of hydrogen-bond acceptors (Lipinski definition) is 4. The van der Waals surface area contributed by atoms with E-state index in [0.29, 0.717) is 11.6 Å². The van der Waals surface area contributed by atoms with Crippen molar-refractivity contribution in [2.45, 2.75) is 32.0 Å². The fourth-order valence-electron chi connectivity index (χ4n) is 2.95. The first-order valence-electron chi connectivity index (χ1n) is 8.00. The highest BCUT2D eigenvalue weighted by atomic mass is 19.3. The molecule has 5 nitrogen and oxygen atoms in total. The lowest BCUT2D eigenvalue weighted by Crippen LogP contribution is -2.42. The predicted octanol–water partition coefficient (Wildman–Crippen LogP) is 4.05. The van der Waals surface area contributed by atoms with Crippen molar-refractivity contribution in [1.29, 1.82) is 0 Å². The first-order chi connectivity index (χ1) is 12.7. The lowest BCUT2D eigenvalue weighted by atomic mass is 9.89. The highest BCUT2D eigenvalue weighted by Gasteiger charge is 2.36. The lowest BCUT2D eigenvalue weighted by molar-refractivity contribution is -0.164. The molecule has 1 aliphatic rings. The minimum Gasteiger partial charge on any atom is -0.477 e. The van der Waals surface area contributed by atoms with Crippen molar-refractivity contribution in [3.63, 3.8) is 0 Å². The minimum absolute atomic E-state index is 0.00594. The van der Waals surface area contributed by atoms with Crippen LogP contribution in [0.3, 0.4) is 0 Å². The van der Waals surface area contributed by atoms with Crippen LogP contribution in [0.15, 0.2) is 24.3 Å². The Morgan fingerprint density at radius 3 is 2.70 bits per heavy atom. The number of fused-ring (bicyclic) bond motifs is 1. The van der Waals surface area contributed by atoms with E-state index >= 15 is 0 Å². The number of rotatable bonds is 5. The van der Waals surface area contributed by atoms with Crippen molar-refractivity contribution in [3.8, 4) is 17.0 Å². The van der Waals surface area contributed by atoms with E-state index < -0.39 is 42.1 Å². The Labute approximate surface area is 151 Å². The third-order valence-corrected chi connectivity index (χ3v) is 4.29. The SMILES string of the molecule is C[C@@]1(COC(F)F)CCc2c(-c3ccc(F)cc3F)cc(C(=O)O)nc2O1. The van der Waals surface area contributed by atoms with E-state index in [4.69, 9.17) is 4.74 Å². The van der Waals surface area contributed by atoms with Crippen LogP contribution in [0.25, 0.3) is 11.1 Å². The van der Waals surface area contributed by atoms with E-state index in [0.717, 1.165) is 6.07 Å². The van der Waals surface area contributed by atoms with Crippen molar-refractivity contribution in [3.05, 3.63) is 47.2 Å². The molecular formula is C18H15F4NO4. The highest BCUT2D eigenvalue weighted by molar-refractivity contribution is 5.88. The standard InChI is InChI=1S/C18H15F4NO4/c1-18(8-26-17(21)22)5-4-11-12(10-3-2-9(19)6-13(10)20)7-14(16(24)25)23-15(11)27-18/h2-3,6-7,17H,4-5,8H2,1H3,(H,24,25)/t18-/m0/s1. The Morgan fingerprint density at radius 2 is 2.07 bits per heavy atom. The summed E-state index contributed by atoms with van der Waals surface area (Å²) in [6.45, 7) is -1.87. The van der Waals surface area contributed by atoms with Gasteiger partial charge in [0.1, 0.15) is 17.2 Å². The van der Waals surface area contributed by atoms with E-state index in [9.17, 15) is 27.5 Å². The maximum atomic E-state index is 14.2. The number of hydrogen-bond donors (Lipinski definition) is 1. The molecule has 0 spiro atoms. The number of pyridine rings is 1. The summed E-state index contributed by atoms with van der Waals surface area (Å²) in [5, 5.41) is 9.28. The van der Waals surface area contributed by atoms with Gasteiger partial charge in [-0.15, -0.1) is 0 Å².